The Balaban J connectivity index is 2.11. The fourth-order valence-electron chi connectivity index (χ4n) is 3.45. The zero-order valence-electron chi connectivity index (χ0n) is 17.1. The number of hydrogen-bond donors (Lipinski definition) is 0. The van der Waals surface area contributed by atoms with Gasteiger partial charge in [0, 0.05) is 18.8 Å². The number of carbonyl (C=O) groups is 1. The quantitative estimate of drug-likeness (QED) is 0.701. The molecule has 0 N–H and O–H groups in total. The highest BCUT2D eigenvalue weighted by molar-refractivity contribution is 5.86. The van der Waals surface area contributed by atoms with Crippen LogP contribution in [0, 0.1) is 0 Å². The van der Waals surface area contributed by atoms with Crippen molar-refractivity contribution in [3.05, 3.63) is 23.9 Å². The minimum Gasteiger partial charge on any atom is -0.443 e. The normalized spacial score (nSPS) is 18.6. The molecule has 146 valence electrons. The van der Waals surface area contributed by atoms with Crippen LogP contribution < -0.4 is 4.90 Å². The summed E-state index contributed by atoms with van der Waals surface area (Å²) < 4.78 is 5.49. The Morgan fingerprint density at radius 1 is 1.31 bits per heavy atom. The first-order valence-corrected chi connectivity index (χ1v) is 10.1. The van der Waals surface area contributed by atoms with Crippen molar-refractivity contribution in [2.24, 2.45) is 0 Å². The van der Waals surface area contributed by atoms with Gasteiger partial charge in [-0.05, 0) is 71.7 Å². The molecule has 2 rings (SSSR count). The zero-order chi connectivity index (χ0) is 19.2. The number of aromatic nitrogens is 1. The third-order valence-corrected chi connectivity index (χ3v) is 4.77. The predicted molar refractivity (Wildman–Crippen MR) is 107 cm³/mol. The first kappa shape index (κ1) is 20.7. The van der Waals surface area contributed by atoms with E-state index in [9.17, 15) is 4.79 Å². The molecule has 0 aromatic carbocycles. The lowest BCUT2D eigenvalue weighted by Gasteiger charge is -2.36. The highest BCUT2D eigenvalue weighted by Gasteiger charge is 2.25. The van der Waals surface area contributed by atoms with E-state index in [0.717, 1.165) is 6.54 Å². The van der Waals surface area contributed by atoms with E-state index in [0.29, 0.717) is 18.4 Å². The molecule has 1 aromatic heterocycles. The molecule has 1 unspecified atom stereocenters. The van der Waals surface area contributed by atoms with E-state index in [1.165, 1.54) is 44.2 Å². The second kappa shape index (κ2) is 9.36. The number of hydrogen-bond acceptors (Lipinski definition) is 4. The van der Waals surface area contributed by atoms with Crippen LogP contribution in [0.2, 0.25) is 0 Å². The van der Waals surface area contributed by atoms with E-state index in [2.05, 4.69) is 22.9 Å². The molecule has 5 heteroatoms. The van der Waals surface area contributed by atoms with E-state index in [1.807, 2.05) is 40.0 Å². The molecule has 1 fully saturated rings. The Morgan fingerprint density at radius 2 is 2.08 bits per heavy atom. The van der Waals surface area contributed by atoms with Crippen molar-refractivity contribution in [3.63, 3.8) is 0 Å². The van der Waals surface area contributed by atoms with Gasteiger partial charge in [-0.3, -0.25) is 9.80 Å². The summed E-state index contributed by atoms with van der Waals surface area (Å²) in [6.07, 6.45) is 7.81. The van der Waals surface area contributed by atoms with Gasteiger partial charge in [-0.1, -0.05) is 25.8 Å². The number of ether oxygens (including phenoxy) is 1. The van der Waals surface area contributed by atoms with Crippen molar-refractivity contribution in [1.82, 2.24) is 9.88 Å². The standard InChI is InChI=1S/C21H35N3O2/c1-6-8-14-23-15-10-9-11-18(23)17-12-13-19(22-16-17)24(7-2)20(25)26-21(3,4)5/h12-13,16,18H,6-11,14-15H2,1-5H3. The monoisotopic (exact) mass is 361 g/mol. The molecule has 1 atom stereocenters. The van der Waals surface area contributed by atoms with Gasteiger partial charge < -0.3 is 4.74 Å². The molecule has 0 spiro atoms. The molecule has 1 aromatic rings. The second-order valence-corrected chi connectivity index (χ2v) is 8.08. The van der Waals surface area contributed by atoms with E-state index in [4.69, 9.17) is 4.74 Å². The summed E-state index contributed by atoms with van der Waals surface area (Å²) in [7, 11) is 0. The van der Waals surface area contributed by atoms with Crippen molar-refractivity contribution in [3.8, 4) is 0 Å². The zero-order valence-corrected chi connectivity index (χ0v) is 17.1. The fraction of sp³-hybridized carbons (Fsp3) is 0.714. The Morgan fingerprint density at radius 3 is 2.65 bits per heavy atom. The van der Waals surface area contributed by atoms with Crippen LogP contribution in [0.4, 0.5) is 10.6 Å². The van der Waals surface area contributed by atoms with Crippen LogP contribution in [0.15, 0.2) is 18.3 Å². The molecule has 5 nitrogen and oxygen atoms in total. The number of likely N-dealkylation sites (tertiary alicyclic amines) is 1. The maximum Gasteiger partial charge on any atom is 0.415 e. The number of rotatable bonds is 6. The molecular weight excluding hydrogens is 326 g/mol. The number of amides is 1. The summed E-state index contributed by atoms with van der Waals surface area (Å²) >= 11 is 0. The van der Waals surface area contributed by atoms with Crippen molar-refractivity contribution in [2.45, 2.75) is 78.4 Å². The second-order valence-electron chi connectivity index (χ2n) is 8.08. The van der Waals surface area contributed by atoms with Crippen molar-refractivity contribution in [1.29, 1.82) is 0 Å². The highest BCUT2D eigenvalue weighted by atomic mass is 16.6. The van der Waals surface area contributed by atoms with Gasteiger partial charge in [0.1, 0.15) is 11.4 Å². The van der Waals surface area contributed by atoms with Crippen LogP contribution in [0.3, 0.4) is 0 Å². The topological polar surface area (TPSA) is 45.7 Å². The third-order valence-electron chi connectivity index (χ3n) is 4.77. The SMILES string of the molecule is CCCCN1CCCCC1c1ccc(N(CC)C(=O)OC(C)(C)C)nc1. The third kappa shape index (κ3) is 5.70. The van der Waals surface area contributed by atoms with Gasteiger partial charge in [0.15, 0.2) is 0 Å². The van der Waals surface area contributed by atoms with Crippen LogP contribution >= 0.6 is 0 Å². The molecule has 26 heavy (non-hydrogen) atoms. The number of piperidine rings is 1. The maximum absolute atomic E-state index is 12.4. The predicted octanol–water partition coefficient (Wildman–Crippen LogP) is 5.17. The molecule has 0 saturated carbocycles. The Kier molecular flexibility index (Phi) is 7.44. The molecule has 1 saturated heterocycles. The van der Waals surface area contributed by atoms with Crippen molar-refractivity contribution < 1.29 is 9.53 Å². The van der Waals surface area contributed by atoms with Gasteiger partial charge in [-0.15, -0.1) is 0 Å². The number of anilines is 1. The van der Waals surface area contributed by atoms with Crippen molar-refractivity contribution in [2.75, 3.05) is 24.5 Å². The van der Waals surface area contributed by atoms with Crippen LogP contribution in [0.5, 0.6) is 0 Å². The van der Waals surface area contributed by atoms with Gasteiger partial charge in [0.05, 0.1) is 0 Å². The number of carbonyl (C=O) groups excluding carboxylic acids is 1. The Bertz CT molecular complexity index is 566. The molecule has 2 heterocycles. The van der Waals surface area contributed by atoms with E-state index < -0.39 is 5.60 Å². The molecule has 0 bridgehead atoms. The van der Waals surface area contributed by atoms with E-state index in [1.54, 1.807) is 4.90 Å². The van der Waals surface area contributed by atoms with E-state index in [-0.39, 0.29) is 6.09 Å². The molecular formula is C21H35N3O2. The largest absolute Gasteiger partial charge is 0.443 e. The highest BCUT2D eigenvalue weighted by Crippen LogP contribution is 2.31. The molecule has 1 aliphatic heterocycles. The summed E-state index contributed by atoms with van der Waals surface area (Å²) in [6, 6.07) is 4.54. The Labute approximate surface area is 158 Å². The van der Waals surface area contributed by atoms with Crippen LogP contribution in [-0.4, -0.2) is 41.2 Å². The lowest BCUT2D eigenvalue weighted by molar-refractivity contribution is 0.0581. The summed E-state index contributed by atoms with van der Waals surface area (Å²) in [5.41, 5.74) is 0.747. The summed E-state index contributed by atoms with van der Waals surface area (Å²) in [4.78, 5) is 21.2. The molecule has 1 aliphatic rings. The average molecular weight is 362 g/mol. The lowest BCUT2D eigenvalue weighted by atomic mass is 9.96. The maximum atomic E-state index is 12.4. The first-order valence-electron chi connectivity index (χ1n) is 10.1. The van der Waals surface area contributed by atoms with E-state index >= 15 is 0 Å². The van der Waals surface area contributed by atoms with Gasteiger partial charge in [0.25, 0.3) is 0 Å². The molecule has 0 radical (unpaired) electrons. The van der Waals surface area contributed by atoms with Gasteiger partial charge in [0.2, 0.25) is 0 Å². The number of nitrogens with zero attached hydrogens (tertiary/aromatic N) is 3. The average Bonchev–Trinajstić information content (AvgIpc) is 2.60. The fourth-order valence-corrected chi connectivity index (χ4v) is 3.45. The number of unbranched alkanes of at least 4 members (excludes halogenated alkanes) is 1. The van der Waals surface area contributed by atoms with Crippen LogP contribution in [0.25, 0.3) is 0 Å². The van der Waals surface area contributed by atoms with Gasteiger partial charge in [-0.2, -0.15) is 0 Å². The van der Waals surface area contributed by atoms with Crippen molar-refractivity contribution >= 4 is 11.9 Å². The summed E-state index contributed by atoms with van der Waals surface area (Å²) in [6.45, 7) is 12.7. The first-order chi connectivity index (χ1) is 12.4. The molecule has 0 aliphatic carbocycles. The smallest absolute Gasteiger partial charge is 0.415 e. The molecule has 1 amide bonds. The lowest BCUT2D eigenvalue weighted by Crippen LogP contribution is -2.37. The summed E-state index contributed by atoms with van der Waals surface area (Å²) in [5.74, 6) is 0.654. The van der Waals surface area contributed by atoms with Crippen LogP contribution in [0.1, 0.15) is 78.3 Å². The number of pyridine rings is 1. The minimum absolute atomic E-state index is 0.345. The van der Waals surface area contributed by atoms with Gasteiger partial charge in [-0.25, -0.2) is 9.78 Å². The summed E-state index contributed by atoms with van der Waals surface area (Å²) in [5, 5.41) is 0. The van der Waals surface area contributed by atoms with Gasteiger partial charge >= 0.3 is 6.09 Å². The minimum atomic E-state index is -0.508. The van der Waals surface area contributed by atoms with Crippen LogP contribution in [-0.2, 0) is 4.74 Å². The Hall–Kier alpha value is -1.62.